The van der Waals surface area contributed by atoms with E-state index in [4.69, 9.17) is 5.84 Å². The standard InChI is InChI=1S/C17H24N4O2S.2ClH/c1-2-10-21(18)15-7-11-20(12-8-15)24(22,23)17-5-3-4-14-13-19-9-6-16(14)17;;/h3-6,9,13,15H,2,7-8,10-12,18H2,1H3;2*1H. The fraction of sp³-hybridized carbons (Fsp3) is 0.471. The average Bonchev–Trinajstić information content (AvgIpc) is 2.61. The molecule has 0 bridgehead atoms. The van der Waals surface area contributed by atoms with Gasteiger partial charge < -0.3 is 0 Å². The minimum Gasteiger partial charge on any atom is -0.269 e. The Hall–Kier alpha value is -0.960. The van der Waals surface area contributed by atoms with Gasteiger partial charge in [0, 0.05) is 48.8 Å². The molecule has 2 heterocycles. The van der Waals surface area contributed by atoms with Crippen LogP contribution in [0.15, 0.2) is 41.6 Å². The van der Waals surface area contributed by atoms with Gasteiger partial charge in [-0.05, 0) is 31.4 Å². The summed E-state index contributed by atoms with van der Waals surface area (Å²) in [4.78, 5) is 4.43. The van der Waals surface area contributed by atoms with Crippen molar-refractivity contribution in [3.05, 3.63) is 36.7 Å². The molecule has 2 aromatic rings. The van der Waals surface area contributed by atoms with Gasteiger partial charge in [0.1, 0.15) is 0 Å². The summed E-state index contributed by atoms with van der Waals surface area (Å²) in [5, 5.41) is 3.42. The number of hydrazine groups is 1. The quantitative estimate of drug-likeness (QED) is 0.593. The van der Waals surface area contributed by atoms with Crippen LogP contribution in [-0.4, -0.2) is 48.4 Å². The van der Waals surface area contributed by atoms with Crippen molar-refractivity contribution in [1.29, 1.82) is 0 Å². The highest BCUT2D eigenvalue weighted by Crippen LogP contribution is 2.27. The molecule has 2 N–H and O–H groups in total. The molecule has 1 aliphatic heterocycles. The highest BCUT2D eigenvalue weighted by atomic mass is 35.5. The van der Waals surface area contributed by atoms with Gasteiger partial charge in [-0.3, -0.25) is 10.8 Å². The van der Waals surface area contributed by atoms with Crippen molar-refractivity contribution in [2.24, 2.45) is 5.84 Å². The number of aromatic nitrogens is 1. The number of piperidine rings is 1. The van der Waals surface area contributed by atoms with Crippen molar-refractivity contribution in [3.8, 4) is 0 Å². The number of nitrogens with two attached hydrogens (primary N) is 1. The van der Waals surface area contributed by atoms with Crippen molar-refractivity contribution in [1.82, 2.24) is 14.3 Å². The summed E-state index contributed by atoms with van der Waals surface area (Å²) in [6.45, 7) is 3.94. The number of hydrogen-bond acceptors (Lipinski definition) is 5. The highest BCUT2D eigenvalue weighted by molar-refractivity contribution is 7.89. The first kappa shape index (κ1) is 23.1. The van der Waals surface area contributed by atoms with E-state index in [2.05, 4.69) is 11.9 Å². The van der Waals surface area contributed by atoms with Gasteiger partial charge in [0.05, 0.1) is 4.90 Å². The Balaban J connectivity index is 0.00000169. The van der Waals surface area contributed by atoms with Crippen LogP contribution < -0.4 is 5.84 Å². The smallest absolute Gasteiger partial charge is 0.243 e. The van der Waals surface area contributed by atoms with Gasteiger partial charge in [0.25, 0.3) is 0 Å². The van der Waals surface area contributed by atoms with E-state index in [0.29, 0.717) is 18.0 Å². The van der Waals surface area contributed by atoms with Crippen molar-refractivity contribution in [3.63, 3.8) is 0 Å². The highest BCUT2D eigenvalue weighted by Gasteiger charge is 2.31. The zero-order chi connectivity index (χ0) is 17.2. The van der Waals surface area contributed by atoms with Crippen molar-refractivity contribution in [2.75, 3.05) is 19.6 Å². The lowest BCUT2D eigenvalue weighted by atomic mass is 10.1. The van der Waals surface area contributed by atoms with Gasteiger partial charge in [0.15, 0.2) is 0 Å². The number of fused-ring (bicyclic) bond motifs is 1. The van der Waals surface area contributed by atoms with E-state index < -0.39 is 10.0 Å². The van der Waals surface area contributed by atoms with Crippen molar-refractivity contribution < 1.29 is 8.42 Å². The van der Waals surface area contributed by atoms with E-state index in [1.165, 1.54) is 0 Å². The van der Waals surface area contributed by atoms with Gasteiger partial charge in [-0.1, -0.05) is 19.1 Å². The Bertz CT molecular complexity index is 806. The summed E-state index contributed by atoms with van der Waals surface area (Å²) in [7, 11) is -3.50. The van der Waals surface area contributed by atoms with Crippen molar-refractivity contribution in [2.45, 2.75) is 37.1 Å². The third-order valence-corrected chi connectivity index (χ3v) is 6.59. The molecule has 0 saturated carbocycles. The molecule has 0 unspecified atom stereocenters. The Morgan fingerprint density at radius 3 is 2.58 bits per heavy atom. The second-order valence-electron chi connectivity index (χ2n) is 6.23. The van der Waals surface area contributed by atoms with E-state index in [1.807, 2.05) is 11.1 Å². The maximum Gasteiger partial charge on any atom is 0.243 e. The molecule has 1 aromatic heterocycles. The summed E-state index contributed by atoms with van der Waals surface area (Å²) in [5.41, 5.74) is 0. The van der Waals surface area contributed by atoms with Crippen LogP contribution in [0.3, 0.4) is 0 Å². The van der Waals surface area contributed by atoms with Crippen LogP contribution in [0.2, 0.25) is 0 Å². The molecule has 6 nitrogen and oxygen atoms in total. The molecule has 9 heteroatoms. The maximum absolute atomic E-state index is 13.1. The molecule has 0 amide bonds. The molecule has 1 fully saturated rings. The van der Waals surface area contributed by atoms with Crippen LogP contribution >= 0.6 is 24.8 Å². The van der Waals surface area contributed by atoms with E-state index in [9.17, 15) is 8.42 Å². The van der Waals surface area contributed by atoms with Gasteiger partial charge in [-0.15, -0.1) is 24.8 Å². The normalized spacial score (nSPS) is 16.3. The minimum absolute atomic E-state index is 0. The number of rotatable bonds is 5. The number of halogens is 2. The predicted octanol–water partition coefficient (Wildman–Crippen LogP) is 2.82. The largest absolute Gasteiger partial charge is 0.269 e. The molecular weight excluding hydrogens is 395 g/mol. The van der Waals surface area contributed by atoms with E-state index in [0.717, 1.165) is 36.6 Å². The molecule has 3 rings (SSSR count). The number of sulfonamides is 1. The third kappa shape index (κ3) is 4.65. The Morgan fingerprint density at radius 2 is 1.92 bits per heavy atom. The number of nitrogens with zero attached hydrogens (tertiary/aromatic N) is 3. The molecule has 1 saturated heterocycles. The average molecular weight is 421 g/mol. The topological polar surface area (TPSA) is 79.5 Å². The van der Waals surface area contributed by atoms with Crippen LogP contribution in [0.4, 0.5) is 0 Å². The van der Waals surface area contributed by atoms with Crippen LogP contribution in [0, 0.1) is 0 Å². The molecule has 0 radical (unpaired) electrons. The number of hydrogen-bond donors (Lipinski definition) is 1. The van der Waals surface area contributed by atoms with E-state index in [-0.39, 0.29) is 30.9 Å². The van der Waals surface area contributed by atoms with Crippen molar-refractivity contribution >= 4 is 45.6 Å². The maximum atomic E-state index is 13.1. The summed E-state index contributed by atoms with van der Waals surface area (Å²) in [6.07, 6.45) is 5.85. The van der Waals surface area contributed by atoms with Crippen LogP contribution in [0.5, 0.6) is 0 Å². The lowest BCUT2D eigenvalue weighted by Crippen LogP contribution is -2.49. The zero-order valence-electron chi connectivity index (χ0n) is 14.7. The molecule has 0 atom stereocenters. The fourth-order valence-electron chi connectivity index (χ4n) is 3.31. The van der Waals surface area contributed by atoms with E-state index >= 15 is 0 Å². The van der Waals surface area contributed by atoms with Gasteiger partial charge in [-0.2, -0.15) is 4.31 Å². The summed E-state index contributed by atoms with van der Waals surface area (Å²) in [5.74, 6) is 6.06. The lowest BCUT2D eigenvalue weighted by Gasteiger charge is -2.35. The molecule has 146 valence electrons. The second-order valence-corrected chi connectivity index (χ2v) is 8.13. The fourth-order valence-corrected chi connectivity index (χ4v) is 5.00. The van der Waals surface area contributed by atoms with Gasteiger partial charge in [0.2, 0.25) is 10.0 Å². The Kier molecular flexibility index (Phi) is 8.72. The monoisotopic (exact) mass is 420 g/mol. The number of benzene rings is 1. The molecule has 0 aliphatic carbocycles. The van der Waals surface area contributed by atoms with Crippen LogP contribution in [-0.2, 0) is 10.0 Å². The van der Waals surface area contributed by atoms with Gasteiger partial charge in [-0.25, -0.2) is 13.4 Å². The first-order valence-corrected chi connectivity index (χ1v) is 9.82. The Labute approximate surface area is 167 Å². The Morgan fingerprint density at radius 1 is 1.23 bits per heavy atom. The van der Waals surface area contributed by atoms with E-state index in [1.54, 1.807) is 34.9 Å². The molecule has 1 aliphatic rings. The number of pyridine rings is 1. The molecule has 1 aromatic carbocycles. The van der Waals surface area contributed by atoms with Gasteiger partial charge >= 0.3 is 0 Å². The van der Waals surface area contributed by atoms with Crippen LogP contribution in [0.25, 0.3) is 10.8 Å². The van der Waals surface area contributed by atoms with Crippen LogP contribution in [0.1, 0.15) is 26.2 Å². The predicted molar refractivity (Wildman–Crippen MR) is 109 cm³/mol. The first-order chi connectivity index (χ1) is 11.5. The first-order valence-electron chi connectivity index (χ1n) is 8.38. The second kappa shape index (κ2) is 9.82. The molecular formula is C17H26Cl2N4O2S. The lowest BCUT2D eigenvalue weighted by molar-refractivity contribution is 0.141. The zero-order valence-corrected chi connectivity index (χ0v) is 17.2. The summed E-state index contributed by atoms with van der Waals surface area (Å²) >= 11 is 0. The molecule has 26 heavy (non-hydrogen) atoms. The molecule has 0 spiro atoms. The summed E-state index contributed by atoms with van der Waals surface area (Å²) < 4.78 is 27.7. The minimum atomic E-state index is -3.50. The SMILES string of the molecule is CCCN(N)C1CCN(S(=O)(=O)c2cccc3cnccc23)CC1.Cl.Cl. The summed E-state index contributed by atoms with van der Waals surface area (Å²) in [6, 6.07) is 7.35. The third-order valence-electron chi connectivity index (χ3n) is 4.63.